The van der Waals surface area contributed by atoms with Crippen LogP contribution in [0.4, 0.5) is 0 Å². The number of hydrogen-bond acceptors (Lipinski definition) is 4. The quantitative estimate of drug-likeness (QED) is 0.321. The Labute approximate surface area is 213 Å². The molecule has 36 heavy (non-hydrogen) atoms. The first kappa shape index (κ1) is 17.6. The van der Waals surface area contributed by atoms with Crippen molar-refractivity contribution in [3.8, 4) is 22.9 Å². The summed E-state index contributed by atoms with van der Waals surface area (Å²) in [6.45, 7) is 3.61. The van der Waals surface area contributed by atoms with E-state index in [9.17, 15) is 11.4 Å². The monoisotopic (exact) mass is 473 g/mol. The summed E-state index contributed by atoms with van der Waals surface area (Å²) in [4.78, 5) is 22.4. The van der Waals surface area contributed by atoms with Gasteiger partial charge in [-0.05, 0) is 61.3 Å². The van der Waals surface area contributed by atoms with Crippen LogP contribution in [0.15, 0.2) is 89.9 Å². The number of imidazole rings is 1. The smallest absolute Gasteiger partial charge is 0.293 e. The van der Waals surface area contributed by atoms with Crippen LogP contribution in [0.5, 0.6) is 0 Å². The molecule has 0 bridgehead atoms. The van der Waals surface area contributed by atoms with Crippen LogP contribution in [-0.2, 0) is 12.5 Å². The number of benzene rings is 3. The predicted octanol–water partition coefficient (Wildman–Crippen LogP) is 5.89. The van der Waals surface area contributed by atoms with Gasteiger partial charge >= 0.3 is 5.69 Å². The molecule has 0 saturated heterocycles. The van der Waals surface area contributed by atoms with E-state index >= 15 is 0 Å². The van der Waals surface area contributed by atoms with Crippen molar-refractivity contribution in [2.75, 3.05) is 0 Å². The molecule has 174 valence electrons. The minimum Gasteiger partial charge on any atom is -0.293 e. The van der Waals surface area contributed by atoms with E-state index < -0.39 is 11.1 Å². The van der Waals surface area contributed by atoms with Crippen LogP contribution in [-0.4, -0.2) is 19.1 Å². The zero-order chi connectivity index (χ0) is 28.5. The number of para-hydroxylation sites is 1. The number of nitriles is 1. The highest BCUT2D eigenvalue weighted by Crippen LogP contribution is 2.31. The lowest BCUT2D eigenvalue weighted by Gasteiger charge is -2.16. The van der Waals surface area contributed by atoms with Crippen molar-refractivity contribution < 1.29 is 5.48 Å². The van der Waals surface area contributed by atoms with Gasteiger partial charge in [0.05, 0.1) is 50.9 Å². The molecule has 0 aliphatic carbocycles. The van der Waals surface area contributed by atoms with Gasteiger partial charge in [0.15, 0.2) is 0 Å². The minimum absolute atomic E-state index is 0.00609. The highest BCUT2D eigenvalue weighted by molar-refractivity contribution is 6.04. The molecule has 0 atom stereocenters. The lowest BCUT2D eigenvalue weighted by atomic mass is 9.86. The van der Waals surface area contributed by atoms with Crippen LogP contribution in [0.2, 0.25) is 0 Å². The molecule has 0 saturated carbocycles. The highest BCUT2D eigenvalue weighted by Gasteiger charge is 2.21. The molecule has 3 aromatic heterocycles. The summed E-state index contributed by atoms with van der Waals surface area (Å²) in [5.41, 5.74) is 2.04. The molecule has 0 unspecified atom stereocenters. The second-order valence-corrected chi connectivity index (χ2v) is 9.27. The fourth-order valence-electron chi connectivity index (χ4n) is 4.41. The maximum Gasteiger partial charge on any atom is 0.333 e. The van der Waals surface area contributed by atoms with Gasteiger partial charge in [0, 0.05) is 29.6 Å². The zero-order valence-corrected chi connectivity index (χ0v) is 19.9. The SMILES string of the molecule is [2H]c1c(-c2cnc3ccccc3c2)c([2H])c2c(nc([2H])c3c2n(-c2ccc(C(C)(C)C#N)cc2)c(=O)n3C)c1[2H]. The predicted molar refractivity (Wildman–Crippen MR) is 143 cm³/mol. The van der Waals surface area contributed by atoms with Gasteiger partial charge in [-0.25, -0.2) is 4.79 Å². The Morgan fingerprint density at radius 3 is 2.56 bits per heavy atom. The van der Waals surface area contributed by atoms with E-state index in [0.717, 1.165) is 16.5 Å². The summed E-state index contributed by atoms with van der Waals surface area (Å²) >= 11 is 0. The van der Waals surface area contributed by atoms with E-state index in [4.69, 9.17) is 4.11 Å². The van der Waals surface area contributed by atoms with Crippen LogP contribution in [0.3, 0.4) is 0 Å². The Morgan fingerprint density at radius 2 is 1.78 bits per heavy atom. The van der Waals surface area contributed by atoms with Gasteiger partial charge in [-0.3, -0.25) is 19.1 Å². The number of hydrogen-bond donors (Lipinski definition) is 0. The van der Waals surface area contributed by atoms with Gasteiger partial charge in [0.2, 0.25) is 0 Å². The first-order valence-corrected chi connectivity index (χ1v) is 11.4. The average molecular weight is 474 g/mol. The topological polar surface area (TPSA) is 76.5 Å². The van der Waals surface area contributed by atoms with Crippen molar-refractivity contribution in [3.05, 3.63) is 101 Å². The first-order valence-electron chi connectivity index (χ1n) is 13.4. The maximum absolute atomic E-state index is 13.6. The highest BCUT2D eigenvalue weighted by atomic mass is 16.1. The number of aromatic nitrogens is 4. The third kappa shape index (κ3) is 3.29. The van der Waals surface area contributed by atoms with Crippen molar-refractivity contribution in [1.82, 2.24) is 19.1 Å². The third-order valence-electron chi connectivity index (χ3n) is 6.57. The van der Waals surface area contributed by atoms with Gasteiger partial charge in [-0.2, -0.15) is 5.26 Å². The van der Waals surface area contributed by atoms with Crippen molar-refractivity contribution in [2.45, 2.75) is 19.3 Å². The summed E-state index contributed by atoms with van der Waals surface area (Å²) in [5.74, 6) is 0. The fourth-order valence-corrected chi connectivity index (χ4v) is 4.41. The fraction of sp³-hybridized carbons (Fsp3) is 0.133. The van der Waals surface area contributed by atoms with Gasteiger partial charge in [0.25, 0.3) is 0 Å². The molecule has 6 rings (SSSR count). The normalized spacial score (nSPS) is 13.4. The van der Waals surface area contributed by atoms with Crippen molar-refractivity contribution in [3.63, 3.8) is 0 Å². The molecule has 0 aliphatic heterocycles. The first-order chi connectivity index (χ1) is 19.0. The molecular formula is C30H23N5O. The lowest BCUT2D eigenvalue weighted by Crippen LogP contribution is -2.21. The summed E-state index contributed by atoms with van der Waals surface area (Å²) in [5, 5.41) is 10.6. The number of fused-ring (bicyclic) bond motifs is 4. The molecule has 3 heterocycles. The molecule has 0 spiro atoms. The summed E-state index contributed by atoms with van der Waals surface area (Å²) in [7, 11) is 1.54. The van der Waals surface area contributed by atoms with Gasteiger partial charge in [0.1, 0.15) is 0 Å². The van der Waals surface area contributed by atoms with Crippen LogP contribution in [0.25, 0.3) is 49.7 Å². The minimum atomic E-state index is -0.727. The molecule has 6 nitrogen and oxygen atoms in total. The summed E-state index contributed by atoms with van der Waals surface area (Å²) < 4.78 is 38.2. The van der Waals surface area contributed by atoms with Crippen LogP contribution < -0.4 is 5.69 Å². The van der Waals surface area contributed by atoms with E-state index in [0.29, 0.717) is 11.3 Å². The number of pyridine rings is 2. The van der Waals surface area contributed by atoms with Crippen LogP contribution in [0, 0.1) is 11.3 Å². The largest absolute Gasteiger partial charge is 0.333 e. The van der Waals surface area contributed by atoms with Crippen molar-refractivity contribution in [1.29, 1.82) is 5.26 Å². The molecule has 0 fully saturated rings. The molecule has 0 N–H and O–H groups in total. The third-order valence-corrected chi connectivity index (χ3v) is 6.57. The zero-order valence-electron chi connectivity index (χ0n) is 23.9. The van der Waals surface area contributed by atoms with Gasteiger partial charge in [-0.15, -0.1) is 0 Å². The molecule has 0 aliphatic rings. The summed E-state index contributed by atoms with van der Waals surface area (Å²) in [6.07, 6.45) is 1.35. The van der Waals surface area contributed by atoms with Crippen LogP contribution >= 0.6 is 0 Å². The number of rotatable bonds is 3. The van der Waals surface area contributed by atoms with E-state index in [-0.39, 0.29) is 51.8 Å². The molecular weight excluding hydrogens is 446 g/mol. The molecule has 6 aromatic rings. The van der Waals surface area contributed by atoms with Crippen LogP contribution in [0.1, 0.15) is 24.9 Å². The lowest BCUT2D eigenvalue weighted by molar-refractivity contribution is 0.686. The Kier molecular flexibility index (Phi) is 3.87. The maximum atomic E-state index is 13.6. The van der Waals surface area contributed by atoms with Gasteiger partial charge in [-0.1, -0.05) is 36.4 Å². The molecule has 0 radical (unpaired) electrons. The number of aryl methyl sites for hydroxylation is 1. The van der Waals surface area contributed by atoms with Crippen molar-refractivity contribution in [2.24, 2.45) is 7.05 Å². The Hall–Kier alpha value is -4.76. The van der Waals surface area contributed by atoms with E-state index in [1.54, 1.807) is 44.3 Å². The van der Waals surface area contributed by atoms with E-state index in [1.165, 1.54) is 16.2 Å². The summed E-state index contributed by atoms with van der Waals surface area (Å²) in [6, 6.07) is 18.1. The second-order valence-electron chi connectivity index (χ2n) is 9.27. The number of nitrogens with zero attached hydrogens (tertiary/aromatic N) is 5. The molecule has 6 heteroatoms. The van der Waals surface area contributed by atoms with E-state index in [1.807, 2.05) is 30.3 Å². The standard InChI is InChI=1S/C30H23N5O/c1-30(2,18-31)22-9-11-23(12-10-22)35-28-24-15-19(21-14-20-6-4-5-7-25(20)32-16-21)8-13-26(24)33-17-27(28)34(3)29(35)36/h4-17H,1-3H3/i8D,13D,15D,17D. The van der Waals surface area contributed by atoms with E-state index in [2.05, 4.69) is 16.0 Å². The molecule has 0 amide bonds. The van der Waals surface area contributed by atoms with Crippen molar-refractivity contribution >= 4 is 32.8 Å². The Bertz CT molecular complexity index is 2120. The molecule has 3 aromatic carbocycles. The average Bonchev–Trinajstić information content (AvgIpc) is 3.22. The van der Waals surface area contributed by atoms with Gasteiger partial charge < -0.3 is 0 Å². The Morgan fingerprint density at radius 1 is 1.00 bits per heavy atom. The second kappa shape index (κ2) is 7.89. The Balaban J connectivity index is 1.73.